The summed E-state index contributed by atoms with van der Waals surface area (Å²) in [4.78, 5) is 27.3. The zero-order valence-electron chi connectivity index (χ0n) is 15.3. The topological polar surface area (TPSA) is 96.7 Å². The monoisotopic (exact) mass is 394 g/mol. The average molecular weight is 394 g/mol. The predicted octanol–water partition coefficient (Wildman–Crippen LogP) is 1.66. The Morgan fingerprint density at radius 1 is 1.19 bits per heavy atom. The summed E-state index contributed by atoms with van der Waals surface area (Å²) in [6, 6.07) is 2.87. The van der Waals surface area contributed by atoms with E-state index in [1.807, 2.05) is 6.07 Å². The highest BCUT2D eigenvalue weighted by Gasteiger charge is 2.46. The fourth-order valence-electron chi connectivity index (χ4n) is 4.27. The molecule has 1 aliphatic carbocycles. The molecule has 7 nitrogen and oxygen atoms in total. The number of likely N-dealkylation sites (tertiary alicyclic amines) is 1. The van der Waals surface area contributed by atoms with Gasteiger partial charge in [0, 0.05) is 13.0 Å². The molecule has 3 fully saturated rings. The number of amides is 2. The first kappa shape index (κ1) is 18.5. The van der Waals surface area contributed by atoms with Gasteiger partial charge in [-0.3, -0.25) is 9.59 Å². The van der Waals surface area contributed by atoms with Crippen molar-refractivity contribution in [2.75, 3.05) is 18.1 Å². The molecular weight excluding hydrogens is 368 g/mol. The number of hydrogen-bond donors (Lipinski definition) is 1. The maximum Gasteiger partial charge on any atom is 0.229 e. The first-order chi connectivity index (χ1) is 12.9. The Bertz CT molecular complexity index is 800. The van der Waals surface area contributed by atoms with Crippen LogP contribution in [0.15, 0.2) is 22.8 Å². The lowest BCUT2D eigenvalue weighted by molar-refractivity contribution is -0.140. The quantitative estimate of drug-likeness (QED) is 0.819. The first-order valence-electron chi connectivity index (χ1n) is 9.76. The number of nitrogens with one attached hydrogen (secondary N) is 1. The number of piperidine rings is 1. The van der Waals surface area contributed by atoms with Gasteiger partial charge in [0.25, 0.3) is 0 Å². The van der Waals surface area contributed by atoms with E-state index in [4.69, 9.17) is 4.42 Å². The van der Waals surface area contributed by atoms with Gasteiger partial charge in [-0.25, -0.2) is 8.42 Å². The molecule has 0 bridgehead atoms. The number of rotatable bonds is 5. The standard InChI is InChI=1S/C19H26N2O5S/c22-18(10-13-6-7-13)20-15-12-27(24,25)11-14(15)19(23)21-8-2-1-4-16(21)17-5-3-9-26-17/h3,5,9,13-16H,1-2,4,6-8,10-12H2,(H,20,22)/t14-,15-,16?/m1/s1. The van der Waals surface area contributed by atoms with Crippen LogP contribution in [0.4, 0.5) is 0 Å². The van der Waals surface area contributed by atoms with Gasteiger partial charge in [-0.2, -0.15) is 0 Å². The highest BCUT2D eigenvalue weighted by Crippen LogP contribution is 2.35. The van der Waals surface area contributed by atoms with Crippen molar-refractivity contribution in [3.63, 3.8) is 0 Å². The van der Waals surface area contributed by atoms with Crippen LogP contribution in [0.1, 0.15) is 50.3 Å². The number of sulfone groups is 1. The molecule has 2 amide bonds. The van der Waals surface area contributed by atoms with Crippen molar-refractivity contribution < 1.29 is 22.4 Å². The molecule has 1 unspecified atom stereocenters. The highest BCUT2D eigenvalue weighted by atomic mass is 32.2. The number of carbonyl (C=O) groups excluding carboxylic acids is 2. The first-order valence-corrected chi connectivity index (χ1v) is 11.6. The Labute approximate surface area is 159 Å². The van der Waals surface area contributed by atoms with Crippen LogP contribution in [-0.4, -0.2) is 49.2 Å². The van der Waals surface area contributed by atoms with Crippen LogP contribution >= 0.6 is 0 Å². The molecule has 0 radical (unpaired) electrons. The molecule has 2 saturated heterocycles. The molecule has 148 valence electrons. The fourth-order valence-corrected chi connectivity index (χ4v) is 6.19. The predicted molar refractivity (Wildman–Crippen MR) is 98.4 cm³/mol. The van der Waals surface area contributed by atoms with Crippen LogP contribution < -0.4 is 5.32 Å². The van der Waals surface area contributed by atoms with Crippen LogP contribution in [0.3, 0.4) is 0 Å². The minimum Gasteiger partial charge on any atom is -0.467 e. The largest absolute Gasteiger partial charge is 0.467 e. The van der Waals surface area contributed by atoms with Crippen molar-refractivity contribution in [1.29, 1.82) is 0 Å². The van der Waals surface area contributed by atoms with Crippen LogP contribution in [0.25, 0.3) is 0 Å². The van der Waals surface area contributed by atoms with Crippen LogP contribution in [0.2, 0.25) is 0 Å². The van der Waals surface area contributed by atoms with Gasteiger partial charge in [0.05, 0.1) is 35.8 Å². The van der Waals surface area contributed by atoms with E-state index in [-0.39, 0.29) is 29.4 Å². The molecule has 0 aromatic carbocycles. The lowest BCUT2D eigenvalue weighted by Crippen LogP contribution is -2.49. The number of nitrogens with zero attached hydrogens (tertiary/aromatic N) is 1. The molecule has 1 aromatic heterocycles. The van der Waals surface area contributed by atoms with Crippen molar-refractivity contribution in [2.45, 2.75) is 50.6 Å². The molecular formula is C19H26N2O5S. The van der Waals surface area contributed by atoms with Crippen LogP contribution in [-0.2, 0) is 19.4 Å². The molecule has 2 aliphatic heterocycles. The third-order valence-electron chi connectivity index (χ3n) is 5.84. The summed E-state index contributed by atoms with van der Waals surface area (Å²) in [7, 11) is -3.34. The minimum atomic E-state index is -3.34. The van der Waals surface area contributed by atoms with Crippen molar-refractivity contribution >= 4 is 21.7 Å². The second-order valence-electron chi connectivity index (χ2n) is 8.06. The molecule has 8 heteroatoms. The van der Waals surface area contributed by atoms with Gasteiger partial charge in [0.15, 0.2) is 9.84 Å². The van der Waals surface area contributed by atoms with E-state index in [0.717, 1.165) is 37.9 Å². The summed E-state index contributed by atoms with van der Waals surface area (Å²) < 4.78 is 30.0. The van der Waals surface area contributed by atoms with Gasteiger partial charge < -0.3 is 14.6 Å². The van der Waals surface area contributed by atoms with E-state index in [2.05, 4.69) is 5.32 Å². The van der Waals surface area contributed by atoms with Crippen LogP contribution in [0.5, 0.6) is 0 Å². The van der Waals surface area contributed by atoms with Crippen molar-refractivity contribution in [3.8, 4) is 0 Å². The summed E-state index contributed by atoms with van der Waals surface area (Å²) in [5.74, 6) is -0.234. The summed E-state index contributed by atoms with van der Waals surface area (Å²) in [6.45, 7) is 0.587. The fraction of sp³-hybridized carbons (Fsp3) is 0.684. The maximum absolute atomic E-state index is 13.3. The summed E-state index contributed by atoms with van der Waals surface area (Å²) in [6.07, 6.45) is 6.82. The molecule has 1 N–H and O–H groups in total. The van der Waals surface area contributed by atoms with Gasteiger partial charge in [0.1, 0.15) is 5.76 Å². The van der Waals surface area contributed by atoms with Crippen molar-refractivity contribution in [2.24, 2.45) is 11.8 Å². The average Bonchev–Trinajstić information content (AvgIpc) is 3.16. The second kappa shape index (κ2) is 7.30. The molecule has 3 atom stereocenters. The Morgan fingerprint density at radius 2 is 2.00 bits per heavy atom. The Hall–Kier alpha value is -1.83. The Morgan fingerprint density at radius 3 is 2.70 bits per heavy atom. The molecule has 0 spiro atoms. The number of furan rings is 1. The van der Waals surface area contributed by atoms with Gasteiger partial charge in [0.2, 0.25) is 11.8 Å². The Balaban J connectivity index is 1.51. The molecule has 3 heterocycles. The lowest BCUT2D eigenvalue weighted by Gasteiger charge is -2.37. The summed E-state index contributed by atoms with van der Waals surface area (Å²) in [5, 5.41) is 2.84. The zero-order valence-corrected chi connectivity index (χ0v) is 16.1. The molecule has 27 heavy (non-hydrogen) atoms. The SMILES string of the molecule is O=C(CC1CC1)N[C@@H]1CS(=O)(=O)C[C@H]1C(=O)N1CCCCC1c1ccco1. The van der Waals surface area contributed by atoms with E-state index in [1.54, 1.807) is 17.2 Å². The molecule has 1 saturated carbocycles. The number of hydrogen-bond acceptors (Lipinski definition) is 5. The third-order valence-corrected chi connectivity index (χ3v) is 7.58. The van der Waals surface area contributed by atoms with Gasteiger partial charge in [-0.1, -0.05) is 0 Å². The van der Waals surface area contributed by atoms with E-state index in [0.29, 0.717) is 18.9 Å². The number of carbonyl (C=O) groups is 2. The zero-order chi connectivity index (χ0) is 19.0. The van der Waals surface area contributed by atoms with Crippen molar-refractivity contribution in [1.82, 2.24) is 10.2 Å². The van der Waals surface area contributed by atoms with Gasteiger partial charge in [-0.05, 0) is 50.2 Å². The Kier molecular flexibility index (Phi) is 5.01. The maximum atomic E-state index is 13.3. The summed E-state index contributed by atoms with van der Waals surface area (Å²) in [5.41, 5.74) is 0. The van der Waals surface area contributed by atoms with Crippen LogP contribution in [0, 0.1) is 11.8 Å². The van der Waals surface area contributed by atoms with Gasteiger partial charge in [-0.15, -0.1) is 0 Å². The molecule has 1 aromatic rings. The second-order valence-corrected chi connectivity index (χ2v) is 10.2. The molecule has 3 aliphatic rings. The van der Waals surface area contributed by atoms with Gasteiger partial charge >= 0.3 is 0 Å². The van der Waals surface area contributed by atoms with Crippen molar-refractivity contribution in [3.05, 3.63) is 24.2 Å². The minimum absolute atomic E-state index is 0.140. The normalized spacial score (nSPS) is 30.2. The van der Waals surface area contributed by atoms with E-state index in [1.165, 1.54) is 0 Å². The lowest BCUT2D eigenvalue weighted by atomic mass is 9.95. The third kappa shape index (κ3) is 4.20. The van der Waals surface area contributed by atoms with E-state index < -0.39 is 21.8 Å². The highest BCUT2D eigenvalue weighted by molar-refractivity contribution is 7.91. The molecule has 4 rings (SSSR count). The van der Waals surface area contributed by atoms with E-state index >= 15 is 0 Å². The van der Waals surface area contributed by atoms with E-state index in [9.17, 15) is 18.0 Å². The summed E-state index contributed by atoms with van der Waals surface area (Å²) >= 11 is 0. The smallest absolute Gasteiger partial charge is 0.229 e.